The molecule has 21 heavy (non-hydrogen) atoms. The summed E-state index contributed by atoms with van der Waals surface area (Å²) in [6.45, 7) is 4.59. The van der Waals surface area contributed by atoms with E-state index in [2.05, 4.69) is 11.9 Å². The average Bonchev–Trinajstić information content (AvgIpc) is 2.40. The van der Waals surface area contributed by atoms with Gasteiger partial charge in [0.2, 0.25) is 5.91 Å². The summed E-state index contributed by atoms with van der Waals surface area (Å²) in [6, 6.07) is 1.78. The smallest absolute Gasteiger partial charge is 0.224 e. The predicted molar refractivity (Wildman–Crippen MR) is 85.4 cm³/mol. The van der Waals surface area contributed by atoms with Gasteiger partial charge in [-0.1, -0.05) is 12.7 Å². The van der Waals surface area contributed by atoms with E-state index in [4.69, 9.17) is 4.74 Å². The average molecular weight is 313 g/mol. The molecule has 0 aromatic heterocycles. The summed E-state index contributed by atoms with van der Waals surface area (Å²) in [5.41, 5.74) is 2.13. The van der Waals surface area contributed by atoms with E-state index >= 15 is 0 Å². The number of amides is 1. The number of halogens is 1. The van der Waals surface area contributed by atoms with Crippen molar-refractivity contribution < 1.29 is 14.6 Å². The lowest BCUT2D eigenvalue weighted by Gasteiger charge is -2.24. The molecule has 0 bridgehead atoms. The number of hydrogen-bond acceptors (Lipinski definition) is 4. The van der Waals surface area contributed by atoms with Crippen LogP contribution in [0.4, 0.5) is 5.69 Å². The Morgan fingerprint density at radius 1 is 1.48 bits per heavy atom. The van der Waals surface area contributed by atoms with E-state index in [-0.39, 0.29) is 24.1 Å². The number of carbonyl (C=O) groups excluding carboxylic acids is 1. The number of hydrogen-bond donors (Lipinski definition) is 2. The number of aromatic hydroxyl groups is 1. The zero-order chi connectivity index (χ0) is 14.7. The highest BCUT2D eigenvalue weighted by Gasteiger charge is 2.24. The molecule has 1 heterocycles. The third-order valence-electron chi connectivity index (χ3n) is 3.15. The zero-order valence-corrected chi connectivity index (χ0v) is 13.1. The molecule has 0 spiro atoms. The van der Waals surface area contributed by atoms with E-state index in [0.29, 0.717) is 37.4 Å². The van der Waals surface area contributed by atoms with Gasteiger partial charge in [-0.05, 0) is 26.6 Å². The molecule has 0 unspecified atom stereocenters. The van der Waals surface area contributed by atoms with Gasteiger partial charge in [-0.3, -0.25) is 4.79 Å². The molecule has 0 atom stereocenters. The summed E-state index contributed by atoms with van der Waals surface area (Å²) in [5, 5.41) is 13.2. The third kappa shape index (κ3) is 3.89. The second-order valence-electron chi connectivity index (χ2n) is 5.12. The Kier molecular flexibility index (Phi) is 6.05. The lowest BCUT2D eigenvalue weighted by Crippen LogP contribution is -2.21. The standard InChI is InChI=1S/C15H20N2O3.ClH/c1-4-7-20-12-8-10(9-17(2)3)15(19)11-5-6-13(18)16-14(11)12;/h4,8,19H,1,5-7,9H2,2-3H3,(H,16,18);1H. The van der Waals surface area contributed by atoms with Crippen LogP contribution in [0.25, 0.3) is 0 Å². The fourth-order valence-electron chi connectivity index (χ4n) is 2.30. The van der Waals surface area contributed by atoms with Crippen molar-refractivity contribution in [2.45, 2.75) is 19.4 Å². The SMILES string of the molecule is C=CCOc1cc(CN(C)C)c(O)c2c1NC(=O)CC2.Cl. The van der Waals surface area contributed by atoms with Gasteiger partial charge in [-0.15, -0.1) is 12.4 Å². The lowest BCUT2D eigenvalue weighted by atomic mass is 9.97. The van der Waals surface area contributed by atoms with Gasteiger partial charge in [-0.25, -0.2) is 0 Å². The van der Waals surface area contributed by atoms with Gasteiger partial charge in [0.15, 0.2) is 0 Å². The largest absolute Gasteiger partial charge is 0.507 e. The highest BCUT2D eigenvalue weighted by molar-refractivity contribution is 5.96. The molecule has 1 amide bonds. The Morgan fingerprint density at radius 2 is 2.19 bits per heavy atom. The van der Waals surface area contributed by atoms with Crippen LogP contribution < -0.4 is 10.1 Å². The normalized spacial score (nSPS) is 13.2. The third-order valence-corrected chi connectivity index (χ3v) is 3.15. The maximum atomic E-state index is 11.5. The van der Waals surface area contributed by atoms with Crippen molar-refractivity contribution in [3.63, 3.8) is 0 Å². The number of fused-ring (bicyclic) bond motifs is 1. The fraction of sp³-hybridized carbons (Fsp3) is 0.400. The van der Waals surface area contributed by atoms with Crippen molar-refractivity contribution in [1.82, 2.24) is 4.90 Å². The summed E-state index contributed by atoms with van der Waals surface area (Å²) in [5.74, 6) is 0.781. The van der Waals surface area contributed by atoms with Crippen LogP contribution in [-0.2, 0) is 17.8 Å². The van der Waals surface area contributed by atoms with Gasteiger partial charge in [0, 0.05) is 24.1 Å². The molecule has 1 aromatic rings. The molecular weight excluding hydrogens is 292 g/mol. The first-order chi connectivity index (χ1) is 9.52. The van der Waals surface area contributed by atoms with E-state index in [1.54, 1.807) is 12.1 Å². The Balaban J connectivity index is 0.00000220. The van der Waals surface area contributed by atoms with Crippen LogP contribution in [0.3, 0.4) is 0 Å². The molecule has 1 aliphatic rings. The van der Waals surface area contributed by atoms with Crippen molar-refractivity contribution in [2.24, 2.45) is 0 Å². The minimum Gasteiger partial charge on any atom is -0.507 e. The first-order valence-corrected chi connectivity index (χ1v) is 6.59. The molecule has 116 valence electrons. The minimum atomic E-state index is -0.0549. The van der Waals surface area contributed by atoms with Gasteiger partial charge in [0.25, 0.3) is 0 Å². The Bertz CT molecular complexity index is 544. The van der Waals surface area contributed by atoms with Crippen LogP contribution in [-0.4, -0.2) is 36.6 Å². The first kappa shape index (κ1) is 17.3. The van der Waals surface area contributed by atoms with Gasteiger partial charge in [-0.2, -0.15) is 0 Å². The van der Waals surface area contributed by atoms with Crippen molar-refractivity contribution in [2.75, 3.05) is 26.0 Å². The summed E-state index contributed by atoms with van der Waals surface area (Å²) in [6.07, 6.45) is 2.56. The molecule has 5 nitrogen and oxygen atoms in total. The van der Waals surface area contributed by atoms with Gasteiger partial charge >= 0.3 is 0 Å². The van der Waals surface area contributed by atoms with Crippen molar-refractivity contribution in [1.29, 1.82) is 0 Å². The lowest BCUT2D eigenvalue weighted by molar-refractivity contribution is -0.116. The Hall–Kier alpha value is -1.72. The molecule has 1 aliphatic heterocycles. The second kappa shape index (κ2) is 7.33. The van der Waals surface area contributed by atoms with Crippen LogP contribution in [0.1, 0.15) is 17.5 Å². The summed E-state index contributed by atoms with van der Waals surface area (Å²) >= 11 is 0. The maximum absolute atomic E-state index is 11.5. The molecule has 2 rings (SSSR count). The summed E-state index contributed by atoms with van der Waals surface area (Å²) < 4.78 is 5.62. The van der Waals surface area contributed by atoms with Crippen molar-refractivity contribution >= 4 is 24.0 Å². The highest BCUT2D eigenvalue weighted by Crippen LogP contribution is 2.41. The van der Waals surface area contributed by atoms with E-state index in [0.717, 1.165) is 11.1 Å². The molecule has 2 N–H and O–H groups in total. The van der Waals surface area contributed by atoms with E-state index < -0.39 is 0 Å². The molecule has 0 aliphatic carbocycles. The molecule has 0 saturated carbocycles. The molecule has 6 heteroatoms. The number of phenols is 1. The number of ether oxygens (including phenoxy) is 1. The number of rotatable bonds is 5. The van der Waals surface area contributed by atoms with Gasteiger partial charge in [0.1, 0.15) is 18.1 Å². The van der Waals surface area contributed by atoms with E-state index in [9.17, 15) is 9.90 Å². The van der Waals surface area contributed by atoms with Crippen LogP contribution in [0.15, 0.2) is 18.7 Å². The minimum absolute atomic E-state index is 0. The van der Waals surface area contributed by atoms with Crippen LogP contribution in [0.2, 0.25) is 0 Å². The Morgan fingerprint density at radius 3 is 2.81 bits per heavy atom. The number of anilines is 1. The predicted octanol–water partition coefficient (Wildman–Crippen LogP) is 2.33. The van der Waals surface area contributed by atoms with Crippen LogP contribution in [0, 0.1) is 0 Å². The fourth-order valence-corrected chi connectivity index (χ4v) is 2.30. The molecule has 0 saturated heterocycles. The maximum Gasteiger partial charge on any atom is 0.224 e. The molecule has 0 radical (unpaired) electrons. The van der Waals surface area contributed by atoms with Crippen LogP contribution >= 0.6 is 12.4 Å². The van der Waals surface area contributed by atoms with Gasteiger partial charge < -0.3 is 20.1 Å². The highest BCUT2D eigenvalue weighted by atomic mass is 35.5. The second-order valence-corrected chi connectivity index (χ2v) is 5.12. The van der Waals surface area contributed by atoms with E-state index in [1.807, 2.05) is 19.0 Å². The summed E-state index contributed by atoms with van der Waals surface area (Å²) in [7, 11) is 3.87. The number of carbonyl (C=O) groups is 1. The van der Waals surface area contributed by atoms with Crippen LogP contribution in [0.5, 0.6) is 11.5 Å². The number of phenolic OH excluding ortho intramolecular Hbond substituents is 1. The first-order valence-electron chi connectivity index (χ1n) is 6.59. The topological polar surface area (TPSA) is 61.8 Å². The summed E-state index contributed by atoms with van der Waals surface area (Å²) in [4.78, 5) is 13.5. The number of benzene rings is 1. The zero-order valence-electron chi connectivity index (χ0n) is 12.3. The Labute approximate surface area is 131 Å². The number of nitrogens with one attached hydrogen (secondary N) is 1. The molecule has 1 aromatic carbocycles. The monoisotopic (exact) mass is 312 g/mol. The number of nitrogens with zero attached hydrogens (tertiary/aromatic N) is 1. The molecular formula is C15H21ClN2O3. The quantitative estimate of drug-likeness (QED) is 0.819. The van der Waals surface area contributed by atoms with Crippen molar-refractivity contribution in [3.05, 3.63) is 29.8 Å². The molecule has 0 fully saturated rings. The van der Waals surface area contributed by atoms with Crippen molar-refractivity contribution in [3.8, 4) is 11.5 Å². The van der Waals surface area contributed by atoms with Gasteiger partial charge in [0.05, 0.1) is 5.69 Å². The van der Waals surface area contributed by atoms with E-state index in [1.165, 1.54) is 0 Å².